The van der Waals surface area contributed by atoms with Gasteiger partial charge in [-0.15, -0.1) is 0 Å². The van der Waals surface area contributed by atoms with Crippen LogP contribution in [0.4, 0.5) is 0 Å². The summed E-state index contributed by atoms with van der Waals surface area (Å²) in [5.74, 6) is 0. The van der Waals surface area contributed by atoms with E-state index < -0.39 is 22.3 Å². The first-order valence-corrected chi connectivity index (χ1v) is 20.9. The molecule has 0 nitrogen and oxygen atoms in total. The zero-order valence-corrected chi connectivity index (χ0v) is 19.7. The molecule has 0 radical (unpaired) electrons. The highest BCUT2D eigenvalue weighted by Crippen LogP contribution is 2.47. The number of hydrogen-bond donors (Lipinski definition) is 0. The molecule has 0 bridgehead atoms. The minimum Gasteiger partial charge on any atom is -0.0731 e. The van der Waals surface area contributed by atoms with Crippen LogP contribution in [0.25, 0.3) is 11.1 Å². The third-order valence-electron chi connectivity index (χ3n) is 7.23. The Balaban J connectivity index is 2.27. The second kappa shape index (κ2) is 6.53. The van der Waals surface area contributed by atoms with E-state index in [-0.39, 0.29) is 0 Å². The molecule has 0 atom stereocenters. The summed E-state index contributed by atoms with van der Waals surface area (Å²) in [6, 6.07) is 25.1. The summed E-state index contributed by atoms with van der Waals surface area (Å²) in [6.45, 7) is 16.2. The van der Waals surface area contributed by atoms with E-state index in [9.17, 15) is 0 Å². The monoisotopic (exact) mass is 380 g/mol. The molecule has 0 aromatic heterocycles. The topological polar surface area (TPSA) is 0 Å². The molecule has 2 aromatic rings. The van der Waals surface area contributed by atoms with Gasteiger partial charge in [0.05, 0.1) is 0 Å². The molecule has 0 unspecified atom stereocenters. The second-order valence-electron chi connectivity index (χ2n) is 9.44. The van der Waals surface area contributed by atoms with E-state index in [1.54, 1.807) is 11.1 Å². The average Bonchev–Trinajstić information content (AvgIpc) is 2.63. The Labute approximate surface area is 156 Å². The van der Waals surface area contributed by atoms with Crippen molar-refractivity contribution in [2.24, 2.45) is 0 Å². The quantitative estimate of drug-likeness (QED) is 0.497. The van der Waals surface area contributed by atoms with Gasteiger partial charge in [-0.2, -0.15) is 0 Å². The van der Waals surface area contributed by atoms with Gasteiger partial charge < -0.3 is 0 Å². The maximum Gasteiger partial charge on any atom is 0.0432 e. The minimum atomic E-state index is -1.28. The van der Waals surface area contributed by atoms with Gasteiger partial charge in [0.25, 0.3) is 0 Å². The van der Waals surface area contributed by atoms with Crippen molar-refractivity contribution in [2.75, 3.05) is 0 Å². The minimum absolute atomic E-state index is 1.21. The molecule has 0 spiro atoms. The van der Waals surface area contributed by atoms with Crippen LogP contribution >= 0.6 is 0 Å². The smallest absolute Gasteiger partial charge is 0.0432 e. The van der Waals surface area contributed by atoms with Gasteiger partial charge in [0.2, 0.25) is 0 Å². The van der Waals surface area contributed by atoms with Crippen LogP contribution in [0.3, 0.4) is 0 Å². The standard InChI is InChI=1S/C22H32Si3/c1-23(2)17-21(19-13-9-7-10-14-19)22(20-15-11-8-12-16-20)18-24(3,4)25(23,5)6/h7-16H,17-18H2,1-6H3. The fourth-order valence-corrected chi connectivity index (χ4v) is 36.9. The van der Waals surface area contributed by atoms with Crippen molar-refractivity contribution in [3.8, 4) is 0 Å². The Morgan fingerprint density at radius 1 is 0.520 bits per heavy atom. The second-order valence-corrected chi connectivity index (χ2v) is 38.0. The van der Waals surface area contributed by atoms with Gasteiger partial charge in [-0.1, -0.05) is 99.9 Å². The van der Waals surface area contributed by atoms with Crippen molar-refractivity contribution in [2.45, 2.75) is 51.4 Å². The molecule has 0 saturated heterocycles. The summed E-state index contributed by atoms with van der Waals surface area (Å²) in [7, 11) is -3.77. The lowest BCUT2D eigenvalue weighted by atomic mass is 9.97. The van der Waals surface area contributed by atoms with Crippen LogP contribution in [-0.2, 0) is 0 Å². The molecular formula is C22H32Si3. The number of hydrogen-bond acceptors (Lipinski definition) is 0. The summed E-state index contributed by atoms with van der Waals surface area (Å²) in [4.78, 5) is 0. The maximum absolute atomic E-state index is 2.72. The number of benzene rings is 2. The van der Waals surface area contributed by atoms with Gasteiger partial charge in [-0.3, -0.25) is 0 Å². The molecule has 1 aliphatic rings. The van der Waals surface area contributed by atoms with Crippen molar-refractivity contribution in [1.29, 1.82) is 0 Å². The van der Waals surface area contributed by atoms with Crippen molar-refractivity contribution >= 4 is 33.4 Å². The first kappa shape index (κ1) is 18.6. The van der Waals surface area contributed by atoms with E-state index in [4.69, 9.17) is 0 Å². The van der Waals surface area contributed by atoms with Gasteiger partial charge in [-0.05, 0) is 34.4 Å². The Hall–Kier alpha value is -1.17. The van der Waals surface area contributed by atoms with E-state index in [0.717, 1.165) is 0 Å². The highest BCUT2D eigenvalue weighted by atomic mass is 29.6. The van der Waals surface area contributed by atoms with Crippen molar-refractivity contribution < 1.29 is 0 Å². The van der Waals surface area contributed by atoms with Crippen LogP contribution in [0, 0.1) is 0 Å². The van der Waals surface area contributed by atoms with Crippen LogP contribution in [0.2, 0.25) is 51.4 Å². The molecule has 0 amide bonds. The summed E-state index contributed by atoms with van der Waals surface area (Å²) >= 11 is 0. The first-order chi connectivity index (χ1) is 11.7. The average molecular weight is 381 g/mol. The van der Waals surface area contributed by atoms with Crippen LogP contribution < -0.4 is 0 Å². The third-order valence-corrected chi connectivity index (χ3v) is 50.0. The fraction of sp³-hybridized carbons (Fsp3) is 0.364. The lowest BCUT2D eigenvalue weighted by molar-refractivity contribution is 1.46. The maximum atomic E-state index is 2.72. The molecule has 2 aromatic carbocycles. The van der Waals surface area contributed by atoms with Crippen molar-refractivity contribution in [3.05, 3.63) is 71.8 Å². The SMILES string of the molecule is C[Si]1(C)CC(c2ccccc2)=C(c2ccccc2)C[Si](C)(C)[Si]1(C)C. The molecule has 0 fully saturated rings. The van der Waals surface area contributed by atoms with Gasteiger partial charge in [0, 0.05) is 22.3 Å². The van der Waals surface area contributed by atoms with E-state index in [1.807, 2.05) is 0 Å². The molecule has 0 aliphatic carbocycles. The molecule has 0 N–H and O–H groups in total. The molecule has 1 heterocycles. The van der Waals surface area contributed by atoms with Gasteiger partial charge in [-0.25, -0.2) is 0 Å². The van der Waals surface area contributed by atoms with E-state index in [0.29, 0.717) is 0 Å². The number of rotatable bonds is 2. The summed E-state index contributed by atoms with van der Waals surface area (Å²) in [6.07, 6.45) is 0. The summed E-state index contributed by atoms with van der Waals surface area (Å²) in [5.41, 5.74) is 6.22. The predicted molar refractivity (Wildman–Crippen MR) is 122 cm³/mol. The van der Waals surface area contributed by atoms with Gasteiger partial charge in [0.15, 0.2) is 0 Å². The molecular weight excluding hydrogens is 349 g/mol. The summed E-state index contributed by atoms with van der Waals surface area (Å²) < 4.78 is 0. The fourth-order valence-electron chi connectivity index (χ4n) is 4.29. The molecule has 1 aliphatic heterocycles. The van der Waals surface area contributed by atoms with Gasteiger partial charge in [0.1, 0.15) is 0 Å². The van der Waals surface area contributed by atoms with Crippen LogP contribution in [-0.4, -0.2) is 22.3 Å². The van der Waals surface area contributed by atoms with Crippen LogP contribution in [0.1, 0.15) is 11.1 Å². The zero-order valence-electron chi connectivity index (χ0n) is 16.7. The Morgan fingerprint density at radius 3 is 1.16 bits per heavy atom. The Morgan fingerprint density at radius 2 is 0.840 bits per heavy atom. The Bertz CT molecular complexity index is 706. The van der Waals surface area contributed by atoms with Crippen molar-refractivity contribution in [3.63, 3.8) is 0 Å². The van der Waals surface area contributed by atoms with E-state index in [1.165, 1.54) is 23.2 Å². The van der Waals surface area contributed by atoms with Crippen LogP contribution in [0.5, 0.6) is 0 Å². The molecule has 3 rings (SSSR count). The predicted octanol–water partition coefficient (Wildman–Crippen LogP) is 6.89. The lowest BCUT2D eigenvalue weighted by Gasteiger charge is -2.47. The van der Waals surface area contributed by atoms with E-state index >= 15 is 0 Å². The normalized spacial score (nSPS) is 21.7. The van der Waals surface area contributed by atoms with E-state index in [2.05, 4.69) is 99.9 Å². The highest BCUT2D eigenvalue weighted by molar-refractivity contribution is 7.69. The van der Waals surface area contributed by atoms with Crippen molar-refractivity contribution in [1.82, 2.24) is 0 Å². The van der Waals surface area contributed by atoms with Gasteiger partial charge >= 0.3 is 0 Å². The molecule has 132 valence electrons. The Kier molecular flexibility index (Phi) is 4.86. The number of allylic oxidation sites excluding steroid dienone is 2. The molecule has 25 heavy (non-hydrogen) atoms. The third kappa shape index (κ3) is 3.30. The molecule has 3 heteroatoms. The van der Waals surface area contributed by atoms with Crippen LogP contribution in [0.15, 0.2) is 60.7 Å². The first-order valence-electron chi connectivity index (χ1n) is 9.49. The zero-order chi connectivity index (χ0) is 18.3. The highest BCUT2D eigenvalue weighted by Gasteiger charge is 2.54. The molecule has 0 saturated carbocycles. The summed E-state index contributed by atoms with van der Waals surface area (Å²) in [5, 5.41) is 0. The largest absolute Gasteiger partial charge is 0.0731 e. The lowest BCUT2D eigenvalue weighted by Crippen LogP contribution is -2.69.